The van der Waals surface area contributed by atoms with Gasteiger partial charge in [-0.1, -0.05) is 18.6 Å². The van der Waals surface area contributed by atoms with Crippen molar-refractivity contribution in [2.45, 2.75) is 30.6 Å². The second-order valence-corrected chi connectivity index (χ2v) is 6.85. The van der Waals surface area contributed by atoms with Crippen LogP contribution in [0.15, 0.2) is 29.2 Å². The Morgan fingerprint density at radius 1 is 1.35 bits per heavy atom. The quantitative estimate of drug-likeness (QED) is 0.735. The Balaban J connectivity index is 2.13. The van der Waals surface area contributed by atoms with Crippen molar-refractivity contribution in [1.82, 2.24) is 0 Å². The Hall–Kier alpha value is -1.60. The topological polar surface area (TPSA) is 109 Å². The lowest BCUT2D eigenvalue weighted by atomic mass is 9.66. The monoisotopic (exact) mass is 298 g/mol. The predicted octanol–water partition coefficient (Wildman–Crippen LogP) is 1.39. The molecule has 0 heterocycles. The summed E-state index contributed by atoms with van der Waals surface area (Å²) in [5.41, 5.74) is 0.142. The van der Waals surface area contributed by atoms with Crippen LogP contribution < -0.4 is 10.5 Å². The minimum Gasteiger partial charge on any atom is -0.481 e. The molecule has 0 spiro atoms. The minimum atomic E-state index is -3.79. The van der Waals surface area contributed by atoms with Gasteiger partial charge in [-0.2, -0.15) is 0 Å². The van der Waals surface area contributed by atoms with Crippen molar-refractivity contribution in [3.05, 3.63) is 24.3 Å². The molecule has 0 bridgehead atoms. The lowest BCUT2D eigenvalue weighted by molar-refractivity contribution is -0.141. The molecule has 1 saturated carbocycles. The maximum absolute atomic E-state index is 11.5. The molecule has 0 aliphatic heterocycles. The van der Waals surface area contributed by atoms with Crippen molar-refractivity contribution in [2.24, 2.45) is 10.6 Å². The lowest BCUT2D eigenvalue weighted by Crippen LogP contribution is -2.38. The summed E-state index contributed by atoms with van der Waals surface area (Å²) < 4.78 is 23.0. The number of benzene rings is 1. The summed E-state index contributed by atoms with van der Waals surface area (Å²) in [6.45, 7) is 0.436. The number of carbonyl (C=O) groups is 1. The van der Waals surface area contributed by atoms with Gasteiger partial charge in [-0.15, -0.1) is 0 Å². The fraction of sp³-hybridized carbons (Fsp3) is 0.462. The molecule has 7 heteroatoms. The van der Waals surface area contributed by atoms with E-state index in [-0.39, 0.29) is 16.7 Å². The molecule has 1 fully saturated rings. The number of carboxylic acids is 1. The smallest absolute Gasteiger partial charge is 0.303 e. The zero-order valence-electron chi connectivity index (χ0n) is 11.0. The van der Waals surface area contributed by atoms with Crippen LogP contribution in [-0.2, 0) is 14.8 Å². The summed E-state index contributed by atoms with van der Waals surface area (Å²) in [5.74, 6) is -0.828. The fourth-order valence-electron chi connectivity index (χ4n) is 2.56. The van der Waals surface area contributed by atoms with Crippen LogP contribution in [0.2, 0.25) is 0 Å². The molecule has 1 aliphatic carbocycles. The maximum atomic E-state index is 11.5. The van der Waals surface area contributed by atoms with Crippen LogP contribution in [-0.4, -0.2) is 26.0 Å². The Morgan fingerprint density at radius 3 is 2.50 bits per heavy atom. The zero-order valence-corrected chi connectivity index (χ0v) is 11.8. The average molecular weight is 298 g/mol. The Labute approximate surface area is 118 Å². The molecule has 20 heavy (non-hydrogen) atoms. The van der Waals surface area contributed by atoms with Crippen molar-refractivity contribution in [3.8, 4) is 0 Å². The first kappa shape index (κ1) is 14.8. The van der Waals surface area contributed by atoms with E-state index in [0.717, 1.165) is 19.3 Å². The van der Waals surface area contributed by atoms with Crippen LogP contribution in [0.5, 0.6) is 0 Å². The van der Waals surface area contributed by atoms with E-state index >= 15 is 0 Å². The number of anilines is 1. The van der Waals surface area contributed by atoms with E-state index < -0.39 is 16.0 Å². The Bertz CT molecular complexity index is 609. The van der Waals surface area contributed by atoms with Crippen molar-refractivity contribution in [3.63, 3.8) is 0 Å². The second kappa shape index (κ2) is 5.41. The lowest BCUT2D eigenvalue weighted by Gasteiger charge is -2.41. The SMILES string of the molecule is NS(=O)(=O)c1ccccc1NCC1(CC(=O)O)CCC1. The fourth-order valence-corrected chi connectivity index (χ4v) is 3.27. The molecule has 1 aromatic rings. The third-order valence-corrected chi connectivity index (χ3v) is 4.76. The molecule has 0 saturated heterocycles. The van der Waals surface area contributed by atoms with Gasteiger partial charge in [0.05, 0.1) is 12.1 Å². The number of sulfonamides is 1. The van der Waals surface area contributed by atoms with Gasteiger partial charge >= 0.3 is 5.97 Å². The molecular weight excluding hydrogens is 280 g/mol. The highest BCUT2D eigenvalue weighted by Crippen LogP contribution is 2.44. The minimum absolute atomic E-state index is 0.0322. The summed E-state index contributed by atoms with van der Waals surface area (Å²) in [4.78, 5) is 10.9. The van der Waals surface area contributed by atoms with Gasteiger partial charge in [-0.05, 0) is 30.4 Å². The standard InChI is InChI=1S/C13H18N2O4S/c14-20(18,19)11-5-2-1-4-10(11)15-9-13(6-3-7-13)8-12(16)17/h1-2,4-5,15H,3,6-9H2,(H,16,17)(H2,14,18,19). The van der Waals surface area contributed by atoms with Gasteiger partial charge < -0.3 is 10.4 Å². The number of para-hydroxylation sites is 1. The van der Waals surface area contributed by atoms with Crippen molar-refractivity contribution in [1.29, 1.82) is 0 Å². The van der Waals surface area contributed by atoms with E-state index in [1.165, 1.54) is 6.07 Å². The summed E-state index contributed by atoms with van der Waals surface area (Å²) in [5, 5.41) is 17.2. The third kappa shape index (κ3) is 3.29. The summed E-state index contributed by atoms with van der Waals surface area (Å²) in [6, 6.07) is 6.37. The molecule has 2 rings (SSSR count). The number of nitrogens with one attached hydrogen (secondary N) is 1. The second-order valence-electron chi connectivity index (χ2n) is 5.32. The molecule has 1 aromatic carbocycles. The molecular formula is C13H18N2O4S. The molecule has 0 radical (unpaired) electrons. The summed E-state index contributed by atoms with van der Waals surface area (Å²) in [6.07, 6.45) is 2.77. The number of carboxylic acid groups (broad SMARTS) is 1. The maximum Gasteiger partial charge on any atom is 0.303 e. The van der Waals surface area contributed by atoms with Gasteiger partial charge in [0, 0.05) is 6.54 Å². The van der Waals surface area contributed by atoms with Gasteiger partial charge in [-0.25, -0.2) is 13.6 Å². The molecule has 0 atom stereocenters. The number of nitrogens with two attached hydrogens (primary N) is 1. The number of rotatable bonds is 6. The van der Waals surface area contributed by atoms with Crippen LogP contribution in [0.4, 0.5) is 5.69 Å². The van der Waals surface area contributed by atoms with Crippen LogP contribution in [0, 0.1) is 5.41 Å². The van der Waals surface area contributed by atoms with Crippen LogP contribution >= 0.6 is 0 Å². The van der Waals surface area contributed by atoms with Gasteiger partial charge in [0.25, 0.3) is 0 Å². The van der Waals surface area contributed by atoms with Crippen molar-refractivity contribution < 1.29 is 18.3 Å². The molecule has 0 aromatic heterocycles. The molecule has 6 nitrogen and oxygen atoms in total. The molecule has 0 unspecified atom stereocenters. The normalized spacial score (nSPS) is 17.2. The van der Waals surface area contributed by atoms with E-state index in [1.54, 1.807) is 18.2 Å². The van der Waals surface area contributed by atoms with Gasteiger partial charge in [0.15, 0.2) is 0 Å². The van der Waals surface area contributed by atoms with Crippen molar-refractivity contribution >= 4 is 21.7 Å². The first-order valence-electron chi connectivity index (χ1n) is 6.40. The molecule has 110 valence electrons. The van der Waals surface area contributed by atoms with Crippen LogP contribution in [0.3, 0.4) is 0 Å². The van der Waals surface area contributed by atoms with Gasteiger partial charge in [0.1, 0.15) is 4.90 Å². The molecule has 0 amide bonds. The van der Waals surface area contributed by atoms with E-state index in [9.17, 15) is 13.2 Å². The summed E-state index contributed by atoms with van der Waals surface area (Å²) >= 11 is 0. The number of hydrogen-bond acceptors (Lipinski definition) is 4. The average Bonchev–Trinajstić information content (AvgIpc) is 2.31. The van der Waals surface area contributed by atoms with Gasteiger partial charge in [0.2, 0.25) is 10.0 Å². The highest BCUT2D eigenvalue weighted by molar-refractivity contribution is 7.89. The number of primary sulfonamides is 1. The van der Waals surface area contributed by atoms with Gasteiger partial charge in [-0.3, -0.25) is 4.79 Å². The predicted molar refractivity (Wildman–Crippen MR) is 74.8 cm³/mol. The largest absolute Gasteiger partial charge is 0.481 e. The van der Waals surface area contributed by atoms with E-state index in [2.05, 4.69) is 5.32 Å². The first-order valence-corrected chi connectivity index (χ1v) is 7.95. The van der Waals surface area contributed by atoms with Crippen molar-refractivity contribution in [2.75, 3.05) is 11.9 Å². The highest BCUT2D eigenvalue weighted by Gasteiger charge is 2.39. The van der Waals surface area contributed by atoms with E-state index in [4.69, 9.17) is 10.2 Å². The van der Waals surface area contributed by atoms with Crippen LogP contribution in [0.25, 0.3) is 0 Å². The molecule has 1 aliphatic rings. The zero-order chi connectivity index (χ0) is 14.8. The highest BCUT2D eigenvalue weighted by atomic mass is 32.2. The van der Waals surface area contributed by atoms with E-state index in [1.807, 2.05) is 0 Å². The Morgan fingerprint density at radius 2 is 2.00 bits per heavy atom. The molecule has 4 N–H and O–H groups in total. The Kier molecular flexibility index (Phi) is 4.01. The van der Waals surface area contributed by atoms with E-state index in [0.29, 0.717) is 12.2 Å². The third-order valence-electron chi connectivity index (χ3n) is 3.79. The van der Waals surface area contributed by atoms with Crippen LogP contribution in [0.1, 0.15) is 25.7 Å². The number of aliphatic carboxylic acids is 1. The first-order chi connectivity index (χ1) is 9.32. The number of hydrogen-bond donors (Lipinski definition) is 3. The summed E-state index contributed by atoms with van der Waals surface area (Å²) in [7, 11) is -3.79.